The van der Waals surface area contributed by atoms with Crippen LogP contribution in [0.25, 0.3) is 0 Å². The van der Waals surface area contributed by atoms with Crippen molar-refractivity contribution in [3.63, 3.8) is 0 Å². The van der Waals surface area contributed by atoms with Crippen LogP contribution in [-0.4, -0.2) is 0 Å². The predicted octanol–water partition coefficient (Wildman–Crippen LogP) is 6.77. The van der Waals surface area contributed by atoms with E-state index >= 15 is 0 Å². The van der Waals surface area contributed by atoms with Gasteiger partial charge in [0.25, 0.3) is 0 Å². The Morgan fingerprint density at radius 2 is 1.13 bits per heavy atom. The van der Waals surface area contributed by atoms with Gasteiger partial charge in [-0.1, -0.05) is 72.1 Å². The first-order valence-electron chi connectivity index (χ1n) is 8.22. The minimum atomic E-state index is 0.625. The molecule has 0 amide bonds. The number of fused-ring (bicyclic) bond motifs is 2. The van der Waals surface area contributed by atoms with Gasteiger partial charge in [0.05, 0.1) is 0 Å². The van der Waals surface area contributed by atoms with E-state index in [0.717, 1.165) is 5.92 Å². The maximum absolute atomic E-state index is 2.50. The van der Waals surface area contributed by atoms with E-state index in [2.05, 4.69) is 72.8 Å². The van der Waals surface area contributed by atoms with E-state index in [4.69, 9.17) is 0 Å². The van der Waals surface area contributed by atoms with E-state index in [1.807, 2.05) is 23.5 Å². The average molecular weight is 337 g/mol. The molecule has 0 fully saturated rings. The van der Waals surface area contributed by atoms with Crippen molar-refractivity contribution >= 4 is 23.5 Å². The zero-order valence-corrected chi connectivity index (χ0v) is 14.7. The molecule has 2 heteroatoms. The summed E-state index contributed by atoms with van der Waals surface area (Å²) in [7, 11) is 0. The first-order valence-corrected chi connectivity index (χ1v) is 9.85. The zero-order valence-electron chi connectivity index (χ0n) is 13.0. The lowest BCUT2D eigenvalue weighted by atomic mass is 9.80. The van der Waals surface area contributed by atoms with Crippen LogP contribution in [0.2, 0.25) is 0 Å². The normalized spacial score (nSPS) is 23.1. The molecule has 116 valence electrons. The van der Waals surface area contributed by atoms with Gasteiger partial charge in [0, 0.05) is 9.79 Å². The number of benzene rings is 2. The van der Waals surface area contributed by atoms with Crippen LogP contribution in [0.4, 0.5) is 0 Å². The van der Waals surface area contributed by atoms with Crippen LogP contribution in [0, 0.1) is 11.8 Å². The molecule has 0 nitrogen and oxygen atoms in total. The van der Waals surface area contributed by atoms with Crippen LogP contribution in [-0.2, 0) is 0 Å². The number of allylic oxidation sites excluding steroid dienone is 4. The number of thioether (sulfide) groups is 2. The van der Waals surface area contributed by atoms with Crippen LogP contribution in [0.5, 0.6) is 0 Å². The fourth-order valence-corrected chi connectivity index (χ4v) is 5.74. The Bertz CT molecular complexity index is 655. The Morgan fingerprint density at radius 3 is 1.57 bits per heavy atom. The molecule has 0 saturated carbocycles. The molecule has 0 heterocycles. The summed E-state index contributed by atoms with van der Waals surface area (Å²) in [5, 5.41) is 0. The van der Waals surface area contributed by atoms with Crippen molar-refractivity contribution in [2.45, 2.75) is 29.1 Å². The second-order valence-corrected chi connectivity index (χ2v) is 8.67. The Kier molecular flexibility index (Phi) is 4.63. The lowest BCUT2D eigenvalue weighted by Crippen LogP contribution is -2.17. The molecule has 0 N–H and O–H groups in total. The molecule has 0 radical (unpaired) electrons. The van der Waals surface area contributed by atoms with E-state index in [0.29, 0.717) is 5.92 Å². The second kappa shape index (κ2) is 7.02. The van der Waals surface area contributed by atoms with Gasteiger partial charge in [-0.2, -0.15) is 0 Å². The van der Waals surface area contributed by atoms with Gasteiger partial charge in [-0.25, -0.2) is 0 Å². The Hall–Kier alpha value is -1.38. The van der Waals surface area contributed by atoms with Crippen molar-refractivity contribution in [1.82, 2.24) is 0 Å². The molecule has 2 bridgehead atoms. The van der Waals surface area contributed by atoms with Crippen LogP contribution in [0.1, 0.15) is 19.3 Å². The number of hydrogen-bond donors (Lipinski definition) is 0. The van der Waals surface area contributed by atoms with Crippen molar-refractivity contribution in [3.8, 4) is 0 Å². The lowest BCUT2D eigenvalue weighted by Gasteiger charge is -2.32. The summed E-state index contributed by atoms with van der Waals surface area (Å²) in [6, 6.07) is 21.5. The van der Waals surface area contributed by atoms with E-state index in [1.165, 1.54) is 29.1 Å². The zero-order chi connectivity index (χ0) is 15.5. The van der Waals surface area contributed by atoms with Gasteiger partial charge in [0.1, 0.15) is 0 Å². The lowest BCUT2D eigenvalue weighted by molar-refractivity contribution is 0.414. The van der Waals surface area contributed by atoms with Crippen molar-refractivity contribution < 1.29 is 0 Å². The summed E-state index contributed by atoms with van der Waals surface area (Å²) in [4.78, 5) is 5.83. The van der Waals surface area contributed by atoms with Crippen molar-refractivity contribution in [3.05, 3.63) is 82.6 Å². The summed E-state index contributed by atoms with van der Waals surface area (Å²) >= 11 is 3.90. The minimum Gasteiger partial charge on any atom is -0.0949 e. The first kappa shape index (κ1) is 15.2. The third kappa shape index (κ3) is 3.94. The van der Waals surface area contributed by atoms with Gasteiger partial charge in [0.2, 0.25) is 0 Å². The average Bonchev–Trinajstić information content (AvgIpc) is 2.56. The van der Waals surface area contributed by atoms with Crippen LogP contribution in [0.15, 0.2) is 92.4 Å². The SMILES string of the molecule is C1=C(Sc2ccccc2)CC2CC(Sc3ccccc3)=CC1C2. The third-order valence-corrected chi connectivity index (χ3v) is 6.52. The van der Waals surface area contributed by atoms with E-state index in [1.54, 1.807) is 9.81 Å². The summed E-state index contributed by atoms with van der Waals surface area (Å²) in [6.07, 6.45) is 8.81. The van der Waals surface area contributed by atoms with Crippen LogP contribution < -0.4 is 0 Å². The molecule has 2 aromatic carbocycles. The summed E-state index contributed by atoms with van der Waals surface area (Å²) in [5.41, 5.74) is 0. The Labute approximate surface area is 147 Å². The van der Waals surface area contributed by atoms with Crippen LogP contribution in [0.3, 0.4) is 0 Å². The largest absolute Gasteiger partial charge is 0.0949 e. The van der Waals surface area contributed by atoms with Gasteiger partial charge in [-0.15, -0.1) is 0 Å². The Morgan fingerprint density at radius 1 is 0.652 bits per heavy atom. The van der Waals surface area contributed by atoms with Gasteiger partial charge in [-0.05, 0) is 65.2 Å². The number of rotatable bonds is 4. The molecule has 0 unspecified atom stereocenters. The highest BCUT2D eigenvalue weighted by molar-refractivity contribution is 8.03. The molecule has 0 aliphatic heterocycles. The van der Waals surface area contributed by atoms with E-state index < -0.39 is 0 Å². The fourth-order valence-electron chi connectivity index (χ4n) is 3.42. The molecule has 4 rings (SSSR count). The van der Waals surface area contributed by atoms with Gasteiger partial charge in [-0.3, -0.25) is 0 Å². The monoisotopic (exact) mass is 336 g/mol. The quantitative estimate of drug-likeness (QED) is 0.604. The third-order valence-electron chi connectivity index (χ3n) is 4.37. The maximum atomic E-state index is 2.50. The molecule has 23 heavy (non-hydrogen) atoms. The summed E-state index contributed by atoms with van der Waals surface area (Å²) < 4.78 is 0. The molecular weight excluding hydrogens is 316 g/mol. The molecule has 2 aromatic rings. The first-order chi connectivity index (χ1) is 11.3. The minimum absolute atomic E-state index is 0.625. The molecule has 0 aromatic heterocycles. The topological polar surface area (TPSA) is 0 Å². The second-order valence-electron chi connectivity index (χ2n) is 6.27. The highest BCUT2D eigenvalue weighted by Gasteiger charge is 2.27. The highest BCUT2D eigenvalue weighted by Crippen LogP contribution is 2.46. The maximum Gasteiger partial charge on any atom is 0.0118 e. The molecule has 2 aliphatic carbocycles. The fraction of sp³-hybridized carbons (Fsp3) is 0.238. The van der Waals surface area contributed by atoms with Crippen molar-refractivity contribution in [2.75, 3.05) is 0 Å². The molecule has 0 spiro atoms. The van der Waals surface area contributed by atoms with Crippen molar-refractivity contribution in [2.24, 2.45) is 11.8 Å². The summed E-state index contributed by atoms with van der Waals surface area (Å²) in [6.45, 7) is 0. The molecular formula is C21H20S2. The molecule has 0 saturated heterocycles. The predicted molar refractivity (Wildman–Crippen MR) is 102 cm³/mol. The van der Waals surface area contributed by atoms with Crippen molar-refractivity contribution in [1.29, 1.82) is 0 Å². The Balaban J connectivity index is 1.48. The van der Waals surface area contributed by atoms with Gasteiger partial charge < -0.3 is 0 Å². The number of hydrogen-bond acceptors (Lipinski definition) is 2. The van der Waals surface area contributed by atoms with E-state index in [9.17, 15) is 0 Å². The van der Waals surface area contributed by atoms with E-state index in [-0.39, 0.29) is 0 Å². The molecule has 2 aliphatic rings. The van der Waals surface area contributed by atoms with Gasteiger partial charge >= 0.3 is 0 Å². The molecule has 0 atom stereocenters. The summed E-state index contributed by atoms with van der Waals surface area (Å²) in [5.74, 6) is 1.44. The standard InChI is InChI=1S/C21H20S2/c1-3-7-18(8-4-1)22-20-12-16-11-17(13-20)15-21(14-16)23-19-9-5-2-6-10-19/h1-10,12,14,16-17H,11,13,15H2. The van der Waals surface area contributed by atoms with Crippen LogP contribution >= 0.6 is 23.5 Å². The van der Waals surface area contributed by atoms with Gasteiger partial charge in [0.15, 0.2) is 0 Å². The smallest absolute Gasteiger partial charge is 0.0118 e. The highest BCUT2D eigenvalue weighted by atomic mass is 32.2.